The second kappa shape index (κ2) is 7.11. The number of amides is 2. The van der Waals surface area contributed by atoms with Gasteiger partial charge in [0.1, 0.15) is 11.5 Å². The largest absolute Gasteiger partial charge is 0.466 e. The van der Waals surface area contributed by atoms with E-state index in [2.05, 4.69) is 10.6 Å². The number of anilines is 2. The van der Waals surface area contributed by atoms with E-state index in [9.17, 15) is 9.59 Å². The van der Waals surface area contributed by atoms with Crippen LogP contribution in [0.1, 0.15) is 32.2 Å². The fraction of sp³-hybridized carbons (Fsp3) is 0.143. The molecule has 0 radical (unpaired) electrons. The molecule has 3 aromatic rings. The van der Waals surface area contributed by atoms with Gasteiger partial charge in [-0.3, -0.25) is 9.59 Å². The average molecular weight is 378 g/mol. The van der Waals surface area contributed by atoms with E-state index in [-0.39, 0.29) is 18.6 Å². The average Bonchev–Trinajstić information content (AvgIpc) is 3.27. The van der Waals surface area contributed by atoms with Crippen LogP contribution in [0.15, 0.2) is 52.9 Å². The van der Waals surface area contributed by atoms with Crippen LogP contribution in [0.2, 0.25) is 0 Å². The topological polar surface area (TPSA) is 89.8 Å². The molecule has 0 atom stereocenters. The standard InChI is InChI=1S/C21H18N2O5/c1-12-8-17(13(2)28-12)21(25)23-16-5-3-4-15(10-16)22-20(24)14-6-7-18-19(9-14)27-11-26-18/h3-10H,11H2,1-2H3,(H,22,24)(H,23,25). The lowest BCUT2D eigenvalue weighted by molar-refractivity contribution is 0.101. The van der Waals surface area contributed by atoms with Crippen LogP contribution in [0.3, 0.4) is 0 Å². The van der Waals surface area contributed by atoms with Gasteiger partial charge in [0, 0.05) is 16.9 Å². The number of ether oxygens (including phenoxy) is 2. The van der Waals surface area contributed by atoms with Crippen molar-refractivity contribution in [1.82, 2.24) is 0 Å². The minimum Gasteiger partial charge on any atom is -0.466 e. The maximum Gasteiger partial charge on any atom is 0.259 e. The highest BCUT2D eigenvalue weighted by molar-refractivity contribution is 6.07. The molecule has 1 aromatic heterocycles. The molecule has 2 heterocycles. The van der Waals surface area contributed by atoms with Crippen LogP contribution in [0, 0.1) is 13.8 Å². The van der Waals surface area contributed by atoms with Gasteiger partial charge in [0.2, 0.25) is 6.79 Å². The van der Waals surface area contributed by atoms with Crippen molar-refractivity contribution < 1.29 is 23.5 Å². The number of carbonyl (C=O) groups excluding carboxylic acids is 2. The summed E-state index contributed by atoms with van der Waals surface area (Å²) < 4.78 is 15.9. The lowest BCUT2D eigenvalue weighted by Gasteiger charge is -2.09. The quantitative estimate of drug-likeness (QED) is 0.712. The summed E-state index contributed by atoms with van der Waals surface area (Å²) in [4.78, 5) is 24.9. The van der Waals surface area contributed by atoms with Gasteiger partial charge in [0.05, 0.1) is 5.56 Å². The predicted octanol–water partition coefficient (Wildman–Crippen LogP) is 4.13. The highest BCUT2D eigenvalue weighted by atomic mass is 16.7. The molecule has 0 bridgehead atoms. The zero-order valence-electron chi connectivity index (χ0n) is 15.4. The molecule has 1 aliphatic rings. The van der Waals surface area contributed by atoms with Crippen LogP contribution in [0.5, 0.6) is 11.5 Å². The van der Waals surface area contributed by atoms with Gasteiger partial charge in [0.15, 0.2) is 11.5 Å². The van der Waals surface area contributed by atoms with Crippen LogP contribution < -0.4 is 20.1 Å². The van der Waals surface area contributed by atoms with Crippen molar-refractivity contribution in [3.05, 3.63) is 71.2 Å². The lowest BCUT2D eigenvalue weighted by Crippen LogP contribution is -2.14. The first-order valence-electron chi connectivity index (χ1n) is 8.69. The number of rotatable bonds is 4. The zero-order chi connectivity index (χ0) is 19.7. The summed E-state index contributed by atoms with van der Waals surface area (Å²) in [5, 5.41) is 5.63. The Balaban J connectivity index is 1.47. The minimum absolute atomic E-state index is 0.151. The Morgan fingerprint density at radius 1 is 0.857 bits per heavy atom. The van der Waals surface area contributed by atoms with Crippen molar-refractivity contribution in [3.8, 4) is 11.5 Å². The number of hydrogen-bond donors (Lipinski definition) is 2. The molecule has 0 saturated carbocycles. The smallest absolute Gasteiger partial charge is 0.259 e. The fourth-order valence-electron chi connectivity index (χ4n) is 2.97. The molecular weight excluding hydrogens is 360 g/mol. The Kier molecular flexibility index (Phi) is 4.49. The Labute approximate surface area is 161 Å². The van der Waals surface area contributed by atoms with Crippen molar-refractivity contribution in [1.29, 1.82) is 0 Å². The van der Waals surface area contributed by atoms with Gasteiger partial charge in [-0.05, 0) is 56.3 Å². The molecule has 7 heteroatoms. The third-order valence-electron chi connectivity index (χ3n) is 4.30. The molecule has 0 fully saturated rings. The number of carbonyl (C=O) groups is 2. The molecule has 2 aromatic carbocycles. The van der Waals surface area contributed by atoms with Gasteiger partial charge < -0.3 is 24.5 Å². The zero-order valence-corrected chi connectivity index (χ0v) is 15.4. The maximum atomic E-state index is 12.5. The Morgan fingerprint density at radius 3 is 2.29 bits per heavy atom. The van der Waals surface area contributed by atoms with E-state index in [4.69, 9.17) is 13.9 Å². The molecule has 0 spiro atoms. The molecule has 0 saturated heterocycles. The summed E-state index contributed by atoms with van der Waals surface area (Å²) in [6.07, 6.45) is 0. The molecule has 2 amide bonds. The van der Waals surface area contributed by atoms with E-state index in [1.54, 1.807) is 62.4 Å². The van der Waals surface area contributed by atoms with Gasteiger partial charge in [-0.25, -0.2) is 0 Å². The fourth-order valence-corrected chi connectivity index (χ4v) is 2.97. The van der Waals surface area contributed by atoms with E-state index in [0.717, 1.165) is 0 Å². The number of furan rings is 1. The highest BCUT2D eigenvalue weighted by Crippen LogP contribution is 2.32. The first-order chi connectivity index (χ1) is 13.5. The van der Waals surface area contributed by atoms with E-state index in [1.807, 2.05) is 0 Å². The maximum absolute atomic E-state index is 12.5. The summed E-state index contributed by atoms with van der Waals surface area (Å²) in [5.74, 6) is 1.83. The molecule has 142 valence electrons. The van der Waals surface area contributed by atoms with Gasteiger partial charge in [-0.1, -0.05) is 6.07 Å². The minimum atomic E-state index is -0.289. The first kappa shape index (κ1) is 17.7. The SMILES string of the molecule is Cc1cc(C(=O)Nc2cccc(NC(=O)c3ccc4c(c3)OCO4)c2)c(C)o1. The second-order valence-corrected chi connectivity index (χ2v) is 6.38. The molecule has 0 aliphatic carbocycles. The van der Waals surface area contributed by atoms with Crippen LogP contribution in [0.25, 0.3) is 0 Å². The summed E-state index contributed by atoms with van der Waals surface area (Å²) in [6, 6.07) is 13.6. The van der Waals surface area contributed by atoms with Crippen LogP contribution in [-0.2, 0) is 0 Å². The summed E-state index contributed by atoms with van der Waals surface area (Å²) in [6.45, 7) is 3.68. The van der Waals surface area contributed by atoms with Crippen molar-refractivity contribution >= 4 is 23.2 Å². The van der Waals surface area contributed by atoms with Crippen molar-refractivity contribution in [3.63, 3.8) is 0 Å². The Hall–Kier alpha value is -3.74. The number of fused-ring (bicyclic) bond motifs is 1. The van der Waals surface area contributed by atoms with Crippen molar-refractivity contribution in [2.75, 3.05) is 17.4 Å². The van der Waals surface area contributed by atoms with Gasteiger partial charge in [0.25, 0.3) is 11.8 Å². The molecule has 28 heavy (non-hydrogen) atoms. The van der Waals surface area contributed by atoms with Crippen molar-refractivity contribution in [2.45, 2.75) is 13.8 Å². The van der Waals surface area contributed by atoms with E-state index < -0.39 is 0 Å². The van der Waals surface area contributed by atoms with Crippen molar-refractivity contribution in [2.24, 2.45) is 0 Å². The van der Waals surface area contributed by atoms with E-state index >= 15 is 0 Å². The van der Waals surface area contributed by atoms with E-state index in [1.165, 1.54) is 0 Å². The third kappa shape index (κ3) is 3.55. The molecular formula is C21H18N2O5. The van der Waals surface area contributed by atoms with Crippen LogP contribution >= 0.6 is 0 Å². The summed E-state index contributed by atoms with van der Waals surface area (Å²) in [7, 11) is 0. The highest BCUT2D eigenvalue weighted by Gasteiger charge is 2.17. The van der Waals surface area contributed by atoms with Crippen LogP contribution in [-0.4, -0.2) is 18.6 Å². The van der Waals surface area contributed by atoms with Gasteiger partial charge in [-0.15, -0.1) is 0 Å². The number of aryl methyl sites for hydroxylation is 2. The predicted molar refractivity (Wildman–Crippen MR) is 103 cm³/mol. The number of nitrogens with one attached hydrogen (secondary N) is 2. The lowest BCUT2D eigenvalue weighted by atomic mass is 10.1. The summed E-state index contributed by atoms with van der Waals surface area (Å²) >= 11 is 0. The summed E-state index contributed by atoms with van der Waals surface area (Å²) in [5.41, 5.74) is 2.04. The molecule has 0 unspecified atom stereocenters. The number of benzene rings is 2. The van der Waals surface area contributed by atoms with Crippen LogP contribution in [0.4, 0.5) is 11.4 Å². The first-order valence-corrected chi connectivity index (χ1v) is 8.69. The normalized spacial score (nSPS) is 11.9. The molecule has 7 nitrogen and oxygen atoms in total. The molecule has 2 N–H and O–H groups in total. The third-order valence-corrected chi connectivity index (χ3v) is 4.30. The van der Waals surface area contributed by atoms with Gasteiger partial charge in [-0.2, -0.15) is 0 Å². The Morgan fingerprint density at radius 2 is 1.57 bits per heavy atom. The second-order valence-electron chi connectivity index (χ2n) is 6.38. The number of hydrogen-bond acceptors (Lipinski definition) is 5. The molecule has 1 aliphatic heterocycles. The van der Waals surface area contributed by atoms with E-state index in [0.29, 0.717) is 45.5 Å². The van der Waals surface area contributed by atoms with Gasteiger partial charge >= 0.3 is 0 Å². The molecule has 4 rings (SSSR count). The monoisotopic (exact) mass is 378 g/mol. The Bertz CT molecular complexity index is 1070.